The Hall–Kier alpha value is -2.37. The second-order valence-corrected chi connectivity index (χ2v) is 6.77. The van der Waals surface area contributed by atoms with Crippen molar-refractivity contribution in [2.24, 2.45) is 5.73 Å². The van der Waals surface area contributed by atoms with Crippen LogP contribution in [-0.4, -0.2) is 24.4 Å². The molecule has 6 heteroatoms. The van der Waals surface area contributed by atoms with Crippen molar-refractivity contribution < 1.29 is 9.59 Å². The molecular weight excluding hydrogens is 362 g/mol. The lowest BCUT2D eigenvalue weighted by Gasteiger charge is -2.21. The standard InChI is InChI=1S/C21H25N3O2.ClH/c1-15(23-21(26)19(22)13-16-7-3-2-4-8-16)17-9-5-10-18(14-17)24-12-6-11-20(24)25;/h2-5,7-10,14-15,19H,6,11-13,22H2,1H3,(H,23,26);1H/t15?,19-;/m0./s1. The maximum atomic E-state index is 12.4. The van der Waals surface area contributed by atoms with Gasteiger partial charge < -0.3 is 16.0 Å². The van der Waals surface area contributed by atoms with Crippen molar-refractivity contribution in [3.63, 3.8) is 0 Å². The van der Waals surface area contributed by atoms with E-state index in [0.717, 1.165) is 29.8 Å². The number of carbonyl (C=O) groups excluding carboxylic acids is 2. The highest BCUT2D eigenvalue weighted by Crippen LogP contribution is 2.24. The zero-order valence-corrected chi connectivity index (χ0v) is 16.2. The Morgan fingerprint density at radius 2 is 1.93 bits per heavy atom. The summed E-state index contributed by atoms with van der Waals surface area (Å²) in [5.41, 5.74) is 8.95. The number of nitrogens with zero attached hydrogens (tertiary/aromatic N) is 1. The van der Waals surface area contributed by atoms with E-state index in [-0.39, 0.29) is 30.3 Å². The summed E-state index contributed by atoms with van der Waals surface area (Å²) in [5, 5.41) is 2.98. The van der Waals surface area contributed by atoms with Crippen molar-refractivity contribution in [1.82, 2.24) is 5.32 Å². The molecule has 2 aromatic carbocycles. The molecule has 0 radical (unpaired) electrons. The molecular formula is C21H26ClN3O2. The second kappa shape index (κ2) is 9.53. The monoisotopic (exact) mass is 387 g/mol. The third-order valence-corrected chi connectivity index (χ3v) is 4.75. The summed E-state index contributed by atoms with van der Waals surface area (Å²) in [6.45, 7) is 2.68. The fraction of sp³-hybridized carbons (Fsp3) is 0.333. The minimum Gasteiger partial charge on any atom is -0.348 e. The summed E-state index contributed by atoms with van der Waals surface area (Å²) in [7, 11) is 0. The predicted octanol–water partition coefficient (Wildman–Crippen LogP) is 2.98. The summed E-state index contributed by atoms with van der Waals surface area (Å²) in [4.78, 5) is 26.2. The lowest BCUT2D eigenvalue weighted by molar-refractivity contribution is -0.123. The minimum atomic E-state index is -0.594. The Kier molecular flexibility index (Phi) is 7.39. The number of anilines is 1. The predicted molar refractivity (Wildman–Crippen MR) is 110 cm³/mol. The number of amides is 2. The fourth-order valence-corrected chi connectivity index (χ4v) is 3.25. The summed E-state index contributed by atoms with van der Waals surface area (Å²) >= 11 is 0. The first kappa shape index (κ1) is 20.9. The molecule has 1 aliphatic heterocycles. The number of carbonyl (C=O) groups is 2. The first-order chi connectivity index (χ1) is 12.5. The Bertz CT molecular complexity index is 782. The molecule has 27 heavy (non-hydrogen) atoms. The molecule has 1 heterocycles. The van der Waals surface area contributed by atoms with Gasteiger partial charge in [-0.25, -0.2) is 0 Å². The number of rotatable bonds is 6. The number of halogens is 1. The van der Waals surface area contributed by atoms with Crippen molar-refractivity contribution in [2.75, 3.05) is 11.4 Å². The van der Waals surface area contributed by atoms with Gasteiger partial charge >= 0.3 is 0 Å². The number of hydrogen-bond donors (Lipinski definition) is 2. The van der Waals surface area contributed by atoms with Crippen LogP contribution in [-0.2, 0) is 16.0 Å². The quantitative estimate of drug-likeness (QED) is 0.800. The lowest BCUT2D eigenvalue weighted by atomic mass is 10.0. The Balaban J connectivity index is 0.00000261. The molecule has 2 amide bonds. The van der Waals surface area contributed by atoms with Crippen molar-refractivity contribution in [1.29, 1.82) is 0 Å². The van der Waals surface area contributed by atoms with Crippen molar-refractivity contribution in [2.45, 2.75) is 38.3 Å². The summed E-state index contributed by atoms with van der Waals surface area (Å²) in [6, 6.07) is 16.8. The van der Waals surface area contributed by atoms with Crippen molar-refractivity contribution >= 4 is 29.9 Å². The topological polar surface area (TPSA) is 75.4 Å². The van der Waals surface area contributed by atoms with Gasteiger partial charge in [0.25, 0.3) is 0 Å². The molecule has 1 aliphatic rings. The van der Waals surface area contributed by atoms with Crippen molar-refractivity contribution in [3.8, 4) is 0 Å². The highest BCUT2D eigenvalue weighted by molar-refractivity contribution is 5.95. The maximum absolute atomic E-state index is 12.4. The highest BCUT2D eigenvalue weighted by Gasteiger charge is 2.23. The van der Waals surface area contributed by atoms with E-state index >= 15 is 0 Å². The molecule has 3 rings (SSSR count). The van der Waals surface area contributed by atoms with Crippen LogP contribution in [0.2, 0.25) is 0 Å². The van der Waals surface area contributed by atoms with E-state index < -0.39 is 6.04 Å². The van der Waals surface area contributed by atoms with Gasteiger partial charge in [-0.2, -0.15) is 0 Å². The molecule has 2 aromatic rings. The largest absolute Gasteiger partial charge is 0.348 e. The van der Waals surface area contributed by atoms with Crippen LogP contribution >= 0.6 is 12.4 Å². The SMILES string of the molecule is CC(NC(=O)[C@@H](N)Cc1ccccc1)c1cccc(N2CCCC2=O)c1.Cl. The summed E-state index contributed by atoms with van der Waals surface area (Å²) in [5.74, 6) is -0.0206. The molecule has 0 bridgehead atoms. The van der Waals surface area contributed by atoms with Gasteiger partial charge in [0.15, 0.2) is 0 Å². The van der Waals surface area contributed by atoms with Crippen LogP contribution in [0.15, 0.2) is 54.6 Å². The summed E-state index contributed by atoms with van der Waals surface area (Å²) in [6.07, 6.45) is 2.00. The van der Waals surface area contributed by atoms with E-state index in [2.05, 4.69) is 5.32 Å². The van der Waals surface area contributed by atoms with Gasteiger partial charge in [-0.3, -0.25) is 9.59 Å². The fourth-order valence-electron chi connectivity index (χ4n) is 3.25. The van der Waals surface area contributed by atoms with Crippen LogP contribution < -0.4 is 16.0 Å². The lowest BCUT2D eigenvalue weighted by Crippen LogP contribution is -2.43. The van der Waals surface area contributed by atoms with E-state index in [4.69, 9.17) is 5.73 Å². The zero-order valence-electron chi connectivity index (χ0n) is 15.4. The first-order valence-corrected chi connectivity index (χ1v) is 9.05. The highest BCUT2D eigenvalue weighted by atomic mass is 35.5. The number of benzene rings is 2. The average Bonchev–Trinajstić information content (AvgIpc) is 3.08. The van der Waals surface area contributed by atoms with Crippen LogP contribution in [0.1, 0.15) is 36.9 Å². The van der Waals surface area contributed by atoms with Crippen LogP contribution in [0.3, 0.4) is 0 Å². The Morgan fingerprint density at radius 1 is 1.19 bits per heavy atom. The van der Waals surface area contributed by atoms with Gasteiger partial charge in [0.1, 0.15) is 0 Å². The van der Waals surface area contributed by atoms with Crippen LogP contribution in [0, 0.1) is 0 Å². The van der Waals surface area contributed by atoms with Crippen LogP contribution in [0.5, 0.6) is 0 Å². The molecule has 1 unspecified atom stereocenters. The number of hydrogen-bond acceptors (Lipinski definition) is 3. The first-order valence-electron chi connectivity index (χ1n) is 9.05. The van der Waals surface area contributed by atoms with Gasteiger partial charge in [0.2, 0.25) is 11.8 Å². The van der Waals surface area contributed by atoms with E-state index in [1.54, 1.807) is 4.90 Å². The van der Waals surface area contributed by atoms with Gasteiger partial charge in [-0.1, -0.05) is 42.5 Å². The molecule has 0 aromatic heterocycles. The second-order valence-electron chi connectivity index (χ2n) is 6.77. The van der Waals surface area contributed by atoms with E-state index in [9.17, 15) is 9.59 Å². The molecule has 5 nitrogen and oxygen atoms in total. The normalized spacial score (nSPS) is 15.8. The molecule has 144 valence electrons. The Labute approximate surface area is 166 Å². The third-order valence-electron chi connectivity index (χ3n) is 4.75. The number of nitrogens with two attached hydrogens (primary N) is 1. The molecule has 3 N–H and O–H groups in total. The van der Waals surface area contributed by atoms with Gasteiger partial charge in [0, 0.05) is 18.7 Å². The van der Waals surface area contributed by atoms with E-state index in [1.807, 2.05) is 61.5 Å². The average molecular weight is 388 g/mol. The van der Waals surface area contributed by atoms with Crippen molar-refractivity contribution in [3.05, 3.63) is 65.7 Å². The summed E-state index contributed by atoms with van der Waals surface area (Å²) < 4.78 is 0. The molecule has 0 aliphatic carbocycles. The molecule has 1 saturated heterocycles. The van der Waals surface area contributed by atoms with E-state index in [1.165, 1.54) is 0 Å². The molecule has 1 fully saturated rings. The Morgan fingerprint density at radius 3 is 2.59 bits per heavy atom. The zero-order chi connectivity index (χ0) is 18.5. The molecule has 2 atom stereocenters. The van der Waals surface area contributed by atoms with Crippen LogP contribution in [0.4, 0.5) is 5.69 Å². The number of nitrogens with one attached hydrogen (secondary N) is 1. The van der Waals surface area contributed by atoms with Gasteiger partial charge in [-0.05, 0) is 43.0 Å². The van der Waals surface area contributed by atoms with Crippen LogP contribution in [0.25, 0.3) is 0 Å². The van der Waals surface area contributed by atoms with E-state index in [0.29, 0.717) is 12.8 Å². The minimum absolute atomic E-state index is 0. The maximum Gasteiger partial charge on any atom is 0.237 e. The van der Waals surface area contributed by atoms with Gasteiger partial charge in [0.05, 0.1) is 12.1 Å². The smallest absolute Gasteiger partial charge is 0.237 e. The third kappa shape index (κ3) is 5.31. The molecule has 0 spiro atoms. The van der Waals surface area contributed by atoms with Gasteiger partial charge in [-0.15, -0.1) is 12.4 Å². The molecule has 0 saturated carbocycles.